The quantitative estimate of drug-likeness (QED) is 0.612. The number of hydrogen-bond donors (Lipinski definition) is 1. The first-order valence-electron chi connectivity index (χ1n) is 3.36. The van der Waals surface area contributed by atoms with E-state index in [0.29, 0.717) is 6.42 Å². The molecule has 0 spiro atoms. The van der Waals surface area contributed by atoms with E-state index in [0.717, 1.165) is 0 Å². The molecule has 0 saturated carbocycles. The first kappa shape index (κ1) is 11.2. The number of rotatable bonds is 0. The van der Waals surface area contributed by atoms with Crippen LogP contribution in [0.25, 0.3) is 0 Å². The largest absolute Gasteiger partial charge is 0.326 e. The summed E-state index contributed by atoms with van der Waals surface area (Å²) in [5.74, 6) is 0.251. The van der Waals surface area contributed by atoms with Gasteiger partial charge in [0.2, 0.25) is 0 Å². The van der Waals surface area contributed by atoms with E-state index in [1.165, 1.54) is 0 Å². The summed E-state index contributed by atoms with van der Waals surface area (Å²) in [6, 6.07) is -0.183. The second-order valence-electron chi connectivity index (χ2n) is 3.32. The number of sulfone groups is 1. The highest BCUT2D eigenvalue weighted by Gasteiger charge is 2.45. The summed E-state index contributed by atoms with van der Waals surface area (Å²) in [7, 11) is -2.90. The number of halogens is 1. The smallest absolute Gasteiger partial charge is 0.157 e. The standard InChI is InChI=1S/C6H13NO2S.ClH/c1-6(2)5(7)3-4-10(6,8)9;/h5H,3-4,7H2,1-2H3;1H/t5-;/m1./s1. The van der Waals surface area contributed by atoms with Gasteiger partial charge in [-0.3, -0.25) is 0 Å². The monoisotopic (exact) mass is 199 g/mol. The Morgan fingerprint density at radius 3 is 2.00 bits per heavy atom. The van der Waals surface area contributed by atoms with Crippen molar-refractivity contribution < 1.29 is 8.42 Å². The highest BCUT2D eigenvalue weighted by Crippen LogP contribution is 2.29. The van der Waals surface area contributed by atoms with E-state index >= 15 is 0 Å². The molecule has 0 amide bonds. The van der Waals surface area contributed by atoms with Gasteiger partial charge in [-0.1, -0.05) is 0 Å². The maximum Gasteiger partial charge on any atom is 0.157 e. The van der Waals surface area contributed by atoms with Crippen LogP contribution in [0, 0.1) is 0 Å². The zero-order valence-electron chi connectivity index (χ0n) is 6.70. The lowest BCUT2D eigenvalue weighted by molar-refractivity contribution is 0.515. The predicted octanol–water partition coefficient (Wildman–Crippen LogP) is 0.333. The second kappa shape index (κ2) is 2.92. The number of hydrogen-bond acceptors (Lipinski definition) is 3. The van der Waals surface area contributed by atoms with Crippen molar-refractivity contribution in [3.8, 4) is 0 Å². The molecule has 68 valence electrons. The van der Waals surface area contributed by atoms with Gasteiger partial charge in [0, 0.05) is 6.04 Å². The van der Waals surface area contributed by atoms with Crippen LogP contribution in [0.2, 0.25) is 0 Å². The van der Waals surface area contributed by atoms with Crippen LogP contribution < -0.4 is 5.73 Å². The van der Waals surface area contributed by atoms with Gasteiger partial charge in [0.1, 0.15) is 0 Å². The van der Waals surface area contributed by atoms with Crippen LogP contribution in [0.5, 0.6) is 0 Å². The normalized spacial score (nSPS) is 32.8. The van der Waals surface area contributed by atoms with Gasteiger partial charge in [-0.2, -0.15) is 0 Å². The molecule has 1 heterocycles. The SMILES string of the molecule is CC1(C)[C@H](N)CCS1(=O)=O.Cl. The van der Waals surface area contributed by atoms with Crippen LogP contribution >= 0.6 is 12.4 Å². The van der Waals surface area contributed by atoms with Gasteiger partial charge in [0.15, 0.2) is 9.84 Å². The van der Waals surface area contributed by atoms with Crippen molar-refractivity contribution in [1.82, 2.24) is 0 Å². The van der Waals surface area contributed by atoms with Crippen molar-refractivity contribution >= 4 is 22.2 Å². The highest BCUT2D eigenvalue weighted by atomic mass is 35.5. The Hall–Kier alpha value is 0.200. The first-order chi connectivity index (χ1) is 4.38. The van der Waals surface area contributed by atoms with Crippen LogP contribution in [0.3, 0.4) is 0 Å². The molecule has 0 aromatic carbocycles. The van der Waals surface area contributed by atoms with E-state index in [4.69, 9.17) is 5.73 Å². The molecule has 2 N–H and O–H groups in total. The fourth-order valence-electron chi connectivity index (χ4n) is 1.12. The molecule has 1 aliphatic rings. The molecule has 1 aliphatic heterocycles. The summed E-state index contributed by atoms with van der Waals surface area (Å²) in [5.41, 5.74) is 5.61. The van der Waals surface area contributed by atoms with Gasteiger partial charge >= 0.3 is 0 Å². The Labute approximate surface area is 73.7 Å². The molecule has 0 radical (unpaired) electrons. The Kier molecular flexibility index (Phi) is 2.97. The fraction of sp³-hybridized carbons (Fsp3) is 1.00. The lowest BCUT2D eigenvalue weighted by Gasteiger charge is -2.21. The lowest BCUT2D eigenvalue weighted by Crippen LogP contribution is -2.42. The first-order valence-corrected chi connectivity index (χ1v) is 5.01. The molecule has 1 fully saturated rings. The lowest BCUT2D eigenvalue weighted by atomic mass is 10.0. The topological polar surface area (TPSA) is 60.2 Å². The molecule has 11 heavy (non-hydrogen) atoms. The zero-order valence-corrected chi connectivity index (χ0v) is 8.33. The maximum atomic E-state index is 11.2. The summed E-state index contributed by atoms with van der Waals surface area (Å²) in [6.45, 7) is 3.39. The van der Waals surface area contributed by atoms with E-state index in [9.17, 15) is 8.42 Å². The average Bonchev–Trinajstić information content (AvgIpc) is 1.94. The summed E-state index contributed by atoms with van der Waals surface area (Å²) >= 11 is 0. The zero-order chi connectivity index (χ0) is 7.99. The summed E-state index contributed by atoms with van der Waals surface area (Å²) in [6.07, 6.45) is 0.606. The molecule has 0 aromatic rings. The van der Waals surface area contributed by atoms with E-state index in [1.54, 1.807) is 13.8 Å². The highest BCUT2D eigenvalue weighted by molar-refractivity contribution is 7.93. The molecule has 0 aliphatic carbocycles. The van der Waals surface area contributed by atoms with Gasteiger partial charge in [-0.05, 0) is 20.3 Å². The molecule has 0 unspecified atom stereocenters. The summed E-state index contributed by atoms with van der Waals surface area (Å²) in [5, 5.41) is 0. The minimum atomic E-state index is -2.90. The van der Waals surface area contributed by atoms with Gasteiger partial charge in [0.25, 0.3) is 0 Å². The van der Waals surface area contributed by atoms with Gasteiger partial charge in [-0.25, -0.2) is 8.42 Å². The molecule has 1 rings (SSSR count). The Morgan fingerprint density at radius 1 is 1.45 bits per heavy atom. The molecular formula is C6H14ClNO2S. The average molecular weight is 200 g/mol. The molecule has 0 bridgehead atoms. The van der Waals surface area contributed by atoms with Crippen LogP contribution in [0.15, 0.2) is 0 Å². The molecular weight excluding hydrogens is 186 g/mol. The van der Waals surface area contributed by atoms with Crippen LogP contribution in [-0.4, -0.2) is 25.0 Å². The van der Waals surface area contributed by atoms with E-state index in [-0.39, 0.29) is 24.2 Å². The molecule has 3 nitrogen and oxygen atoms in total. The van der Waals surface area contributed by atoms with E-state index in [2.05, 4.69) is 0 Å². The van der Waals surface area contributed by atoms with E-state index in [1.807, 2.05) is 0 Å². The van der Waals surface area contributed by atoms with Crippen molar-refractivity contribution in [3.05, 3.63) is 0 Å². The van der Waals surface area contributed by atoms with Crippen LogP contribution in [0.1, 0.15) is 20.3 Å². The van der Waals surface area contributed by atoms with E-state index < -0.39 is 14.6 Å². The third-order valence-corrected chi connectivity index (χ3v) is 5.07. The van der Waals surface area contributed by atoms with Crippen molar-refractivity contribution in [3.63, 3.8) is 0 Å². The molecule has 0 aromatic heterocycles. The Balaban J connectivity index is 0.000001000. The number of nitrogens with two attached hydrogens (primary N) is 1. The second-order valence-corrected chi connectivity index (χ2v) is 6.01. The van der Waals surface area contributed by atoms with Crippen LogP contribution in [0.4, 0.5) is 0 Å². The fourth-order valence-corrected chi connectivity index (χ4v) is 2.79. The van der Waals surface area contributed by atoms with Gasteiger partial charge in [0.05, 0.1) is 10.5 Å². The summed E-state index contributed by atoms with van der Waals surface area (Å²) < 4.78 is 21.7. The predicted molar refractivity (Wildman–Crippen MR) is 47.7 cm³/mol. The minimum absolute atomic E-state index is 0. The molecule has 5 heteroatoms. The van der Waals surface area contributed by atoms with Crippen molar-refractivity contribution in [1.29, 1.82) is 0 Å². The maximum absolute atomic E-state index is 11.2. The Morgan fingerprint density at radius 2 is 1.91 bits per heavy atom. The van der Waals surface area contributed by atoms with Crippen LogP contribution in [-0.2, 0) is 9.84 Å². The third-order valence-electron chi connectivity index (χ3n) is 2.39. The van der Waals surface area contributed by atoms with Crippen molar-refractivity contribution in [2.24, 2.45) is 5.73 Å². The minimum Gasteiger partial charge on any atom is -0.326 e. The third kappa shape index (κ3) is 1.53. The molecule has 1 saturated heterocycles. The van der Waals surface area contributed by atoms with Crippen molar-refractivity contribution in [2.75, 3.05) is 5.75 Å². The van der Waals surface area contributed by atoms with Gasteiger partial charge < -0.3 is 5.73 Å². The molecule has 1 atom stereocenters. The van der Waals surface area contributed by atoms with Gasteiger partial charge in [-0.15, -0.1) is 12.4 Å². The van der Waals surface area contributed by atoms with Crippen molar-refractivity contribution in [2.45, 2.75) is 31.1 Å². The Bertz CT molecular complexity index is 235. The summed E-state index contributed by atoms with van der Waals surface area (Å²) in [4.78, 5) is 0.